The average Bonchev–Trinajstić information content (AvgIpc) is 3.47. The molecule has 1 aromatic carbocycles. The largest absolute Gasteiger partial charge is 0.377 e. The Morgan fingerprint density at radius 1 is 1.09 bits per heavy atom. The Balaban J connectivity index is 1.33. The number of benzene rings is 1. The fourth-order valence-electron chi connectivity index (χ4n) is 5.91. The molecule has 0 aromatic heterocycles. The van der Waals surface area contributed by atoms with Crippen molar-refractivity contribution in [2.45, 2.75) is 38.3 Å². The molecule has 4 saturated heterocycles. The number of para-hydroxylation sites is 1. The monoisotopic (exact) mass is 455 g/mol. The van der Waals surface area contributed by atoms with Crippen LogP contribution < -0.4 is 10.4 Å². The lowest BCUT2D eigenvalue weighted by atomic mass is 9.83. The molecule has 0 saturated carbocycles. The van der Waals surface area contributed by atoms with Crippen molar-refractivity contribution >= 4 is 17.5 Å². The fraction of sp³-hybridized carbons (Fsp3) is 0.680. The van der Waals surface area contributed by atoms with Crippen molar-refractivity contribution < 1.29 is 14.3 Å². The van der Waals surface area contributed by atoms with Gasteiger partial charge in [-0.3, -0.25) is 19.4 Å². The lowest BCUT2D eigenvalue weighted by molar-refractivity contribution is -0.141. The number of likely N-dealkylation sites (tertiary alicyclic amines) is 1. The van der Waals surface area contributed by atoms with Gasteiger partial charge in [0.15, 0.2) is 0 Å². The first-order valence-electron chi connectivity index (χ1n) is 12.6. The molecule has 4 fully saturated rings. The molecule has 8 nitrogen and oxygen atoms in total. The van der Waals surface area contributed by atoms with E-state index in [1.54, 1.807) is 5.01 Å². The van der Waals surface area contributed by atoms with E-state index in [-0.39, 0.29) is 35.8 Å². The molecule has 4 aliphatic rings. The van der Waals surface area contributed by atoms with E-state index < -0.39 is 0 Å². The van der Waals surface area contributed by atoms with Crippen LogP contribution in [0.25, 0.3) is 0 Å². The highest BCUT2D eigenvalue weighted by Gasteiger charge is 2.52. The normalized spacial score (nSPS) is 31.2. The number of piperidine rings is 1. The second-order valence-electron chi connectivity index (χ2n) is 9.90. The summed E-state index contributed by atoms with van der Waals surface area (Å²) in [7, 11) is 0. The van der Waals surface area contributed by atoms with Crippen molar-refractivity contribution in [3.63, 3.8) is 0 Å². The maximum absolute atomic E-state index is 13.8. The number of hydrogen-bond donors (Lipinski definition) is 1. The van der Waals surface area contributed by atoms with Crippen LogP contribution in [0.3, 0.4) is 0 Å². The molecule has 5 rings (SSSR count). The molecule has 4 unspecified atom stereocenters. The molecule has 4 heterocycles. The van der Waals surface area contributed by atoms with Gasteiger partial charge in [-0.25, -0.2) is 10.4 Å². The van der Waals surface area contributed by atoms with Gasteiger partial charge in [0.1, 0.15) is 0 Å². The number of nitrogens with one attached hydrogen (secondary N) is 1. The van der Waals surface area contributed by atoms with Crippen LogP contribution in [-0.2, 0) is 14.3 Å². The Kier molecular flexibility index (Phi) is 6.97. The fourth-order valence-corrected chi connectivity index (χ4v) is 5.91. The molecule has 4 aliphatic heterocycles. The topological polar surface area (TPSA) is 68.4 Å². The van der Waals surface area contributed by atoms with Gasteiger partial charge in [0.2, 0.25) is 11.8 Å². The first kappa shape index (κ1) is 22.8. The molecule has 4 atom stereocenters. The summed E-state index contributed by atoms with van der Waals surface area (Å²) < 4.78 is 5.88. The van der Waals surface area contributed by atoms with Gasteiger partial charge < -0.3 is 9.64 Å². The van der Waals surface area contributed by atoms with Crippen LogP contribution in [0.15, 0.2) is 30.3 Å². The molecule has 33 heavy (non-hydrogen) atoms. The third-order valence-electron chi connectivity index (χ3n) is 7.63. The van der Waals surface area contributed by atoms with Crippen LogP contribution in [0.4, 0.5) is 5.69 Å². The molecule has 0 spiro atoms. The Hall–Kier alpha value is -2.00. The molecule has 0 aliphatic carbocycles. The van der Waals surface area contributed by atoms with Crippen LogP contribution in [0.5, 0.6) is 0 Å². The van der Waals surface area contributed by atoms with E-state index in [0.717, 1.165) is 70.8 Å². The van der Waals surface area contributed by atoms with Crippen LogP contribution in [0.2, 0.25) is 0 Å². The summed E-state index contributed by atoms with van der Waals surface area (Å²) >= 11 is 0. The zero-order valence-electron chi connectivity index (χ0n) is 19.7. The highest BCUT2D eigenvalue weighted by Crippen LogP contribution is 2.33. The van der Waals surface area contributed by atoms with Crippen LogP contribution in [-0.4, -0.2) is 97.6 Å². The van der Waals surface area contributed by atoms with Gasteiger partial charge in [0.25, 0.3) is 0 Å². The number of hydrogen-bond acceptors (Lipinski definition) is 6. The standard InChI is InChI=1S/C25H37N5O3/c1-2-10-27-11-13-29(14-12-27)24(31)21-17-28(16-20-9-6-15-33-20)18-22-23(21)26-30(25(22)32)19-7-4-3-5-8-19/h3-5,7-8,20-23,26H,2,6,9-18H2,1H3. The van der Waals surface area contributed by atoms with Crippen molar-refractivity contribution in [1.29, 1.82) is 0 Å². The first-order valence-corrected chi connectivity index (χ1v) is 12.6. The number of carbonyl (C=O) groups excluding carboxylic acids is 2. The second kappa shape index (κ2) is 10.1. The summed E-state index contributed by atoms with van der Waals surface area (Å²) in [6.45, 7) is 9.67. The molecular formula is C25H37N5O3. The SMILES string of the molecule is CCCN1CCN(C(=O)C2CN(CC3CCCO3)CC3C(=O)N(c4ccccc4)NC23)CC1. The summed E-state index contributed by atoms with van der Waals surface area (Å²) in [6.07, 6.45) is 3.51. The van der Waals surface area contributed by atoms with Crippen LogP contribution in [0.1, 0.15) is 26.2 Å². The Bertz CT molecular complexity index is 823. The minimum absolute atomic E-state index is 0.0637. The molecule has 0 radical (unpaired) electrons. The highest BCUT2D eigenvalue weighted by atomic mass is 16.5. The van der Waals surface area contributed by atoms with E-state index >= 15 is 0 Å². The maximum atomic E-state index is 13.8. The molecule has 1 N–H and O–H groups in total. The summed E-state index contributed by atoms with van der Waals surface area (Å²) in [4.78, 5) is 34.0. The lowest BCUT2D eigenvalue weighted by Gasteiger charge is -2.42. The second-order valence-corrected chi connectivity index (χ2v) is 9.90. The van der Waals surface area contributed by atoms with Crippen molar-refractivity contribution in [3.05, 3.63) is 30.3 Å². The highest BCUT2D eigenvalue weighted by molar-refractivity contribution is 5.98. The quantitative estimate of drug-likeness (QED) is 0.695. The van der Waals surface area contributed by atoms with Crippen molar-refractivity contribution in [2.75, 3.05) is 64.0 Å². The molecule has 1 aromatic rings. The Morgan fingerprint density at radius 2 is 1.88 bits per heavy atom. The van der Waals surface area contributed by atoms with Gasteiger partial charge in [-0.15, -0.1) is 0 Å². The van der Waals surface area contributed by atoms with Crippen molar-refractivity contribution in [2.24, 2.45) is 11.8 Å². The predicted octanol–water partition coefficient (Wildman–Crippen LogP) is 1.19. The lowest BCUT2D eigenvalue weighted by Crippen LogP contribution is -2.60. The number of fused-ring (bicyclic) bond motifs is 1. The first-order chi connectivity index (χ1) is 16.1. The van der Waals surface area contributed by atoms with Gasteiger partial charge >= 0.3 is 0 Å². The number of carbonyl (C=O) groups is 2. The van der Waals surface area contributed by atoms with Crippen LogP contribution >= 0.6 is 0 Å². The van der Waals surface area contributed by atoms with Crippen molar-refractivity contribution in [3.8, 4) is 0 Å². The van der Waals surface area contributed by atoms with Crippen molar-refractivity contribution in [1.82, 2.24) is 20.1 Å². The van der Waals surface area contributed by atoms with E-state index in [0.29, 0.717) is 13.1 Å². The number of amides is 2. The smallest absolute Gasteiger partial charge is 0.247 e. The van der Waals surface area contributed by atoms with Gasteiger partial charge in [-0.2, -0.15) is 0 Å². The molecule has 2 amide bonds. The van der Waals surface area contributed by atoms with E-state index in [2.05, 4.69) is 22.1 Å². The predicted molar refractivity (Wildman–Crippen MR) is 127 cm³/mol. The number of rotatable bonds is 6. The average molecular weight is 456 g/mol. The van der Waals surface area contributed by atoms with E-state index in [1.807, 2.05) is 35.2 Å². The zero-order valence-corrected chi connectivity index (χ0v) is 19.7. The van der Waals surface area contributed by atoms with E-state index in [9.17, 15) is 9.59 Å². The third-order valence-corrected chi connectivity index (χ3v) is 7.63. The van der Waals surface area contributed by atoms with E-state index in [1.165, 1.54) is 0 Å². The third kappa shape index (κ3) is 4.80. The summed E-state index contributed by atoms with van der Waals surface area (Å²) in [5, 5.41) is 1.67. The maximum Gasteiger partial charge on any atom is 0.247 e. The van der Waals surface area contributed by atoms with Gasteiger partial charge in [-0.05, 0) is 37.9 Å². The summed E-state index contributed by atoms with van der Waals surface area (Å²) in [6, 6.07) is 9.54. The Morgan fingerprint density at radius 3 is 2.58 bits per heavy atom. The minimum Gasteiger partial charge on any atom is -0.377 e. The van der Waals surface area contributed by atoms with Gasteiger partial charge in [-0.1, -0.05) is 25.1 Å². The number of ether oxygens (including phenoxy) is 1. The molecule has 0 bridgehead atoms. The van der Waals surface area contributed by atoms with Gasteiger partial charge in [0, 0.05) is 52.4 Å². The zero-order chi connectivity index (χ0) is 22.8. The minimum atomic E-state index is -0.236. The molecule has 180 valence electrons. The molecular weight excluding hydrogens is 418 g/mol. The Labute approximate surface area is 196 Å². The van der Waals surface area contributed by atoms with Gasteiger partial charge in [0.05, 0.1) is 29.7 Å². The van der Waals surface area contributed by atoms with E-state index in [4.69, 9.17) is 4.74 Å². The summed E-state index contributed by atoms with van der Waals surface area (Å²) in [5.41, 5.74) is 4.28. The summed E-state index contributed by atoms with van der Waals surface area (Å²) in [5.74, 6) is -0.210. The van der Waals surface area contributed by atoms with Crippen LogP contribution in [0, 0.1) is 11.8 Å². The number of anilines is 1. The number of piperazine rings is 1. The number of nitrogens with zero attached hydrogens (tertiary/aromatic N) is 4. The molecule has 8 heteroatoms. The number of hydrazine groups is 1.